The standard InChI is InChI=1S/C15H13ClO/c16-11-13-7-4-8-14(9-13)15(17)10-12-5-2-1-3-6-12/h1-9H,10-11H2. The van der Waals surface area contributed by atoms with Gasteiger partial charge in [-0.1, -0.05) is 48.5 Å². The summed E-state index contributed by atoms with van der Waals surface area (Å²) in [6, 6.07) is 17.2. The molecule has 0 aliphatic rings. The number of carbonyl (C=O) groups is 1. The van der Waals surface area contributed by atoms with E-state index in [4.69, 9.17) is 11.6 Å². The first kappa shape index (κ1) is 11.9. The van der Waals surface area contributed by atoms with Gasteiger partial charge in [0.1, 0.15) is 0 Å². The number of Topliss-reactive ketones (excluding diaryl/α,β-unsaturated/α-hetero) is 1. The molecule has 2 heteroatoms. The minimum atomic E-state index is 0.128. The highest BCUT2D eigenvalue weighted by Gasteiger charge is 2.07. The number of hydrogen-bond donors (Lipinski definition) is 0. The van der Waals surface area contributed by atoms with Gasteiger partial charge in [0.2, 0.25) is 0 Å². The van der Waals surface area contributed by atoms with E-state index in [-0.39, 0.29) is 5.78 Å². The van der Waals surface area contributed by atoms with Gasteiger partial charge in [0, 0.05) is 17.9 Å². The van der Waals surface area contributed by atoms with E-state index in [2.05, 4.69) is 0 Å². The van der Waals surface area contributed by atoms with Gasteiger partial charge in [-0.15, -0.1) is 11.6 Å². The molecular formula is C15H13ClO. The third-order valence-electron chi connectivity index (χ3n) is 2.61. The van der Waals surface area contributed by atoms with Crippen LogP contribution in [0.5, 0.6) is 0 Å². The van der Waals surface area contributed by atoms with E-state index >= 15 is 0 Å². The highest BCUT2D eigenvalue weighted by Crippen LogP contribution is 2.11. The maximum absolute atomic E-state index is 12.0. The van der Waals surface area contributed by atoms with Crippen LogP contribution in [0.3, 0.4) is 0 Å². The number of carbonyl (C=O) groups excluding carboxylic acids is 1. The molecule has 86 valence electrons. The van der Waals surface area contributed by atoms with Crippen LogP contribution in [0.2, 0.25) is 0 Å². The predicted octanol–water partition coefficient (Wildman–Crippen LogP) is 3.85. The molecule has 0 aliphatic heterocycles. The lowest BCUT2D eigenvalue weighted by Crippen LogP contribution is -2.03. The number of ketones is 1. The first-order valence-corrected chi connectivity index (χ1v) is 6.05. The maximum Gasteiger partial charge on any atom is 0.167 e. The lowest BCUT2D eigenvalue weighted by Gasteiger charge is -2.03. The van der Waals surface area contributed by atoms with E-state index in [0.29, 0.717) is 12.3 Å². The first-order valence-electron chi connectivity index (χ1n) is 5.51. The second-order valence-electron chi connectivity index (χ2n) is 3.92. The Labute approximate surface area is 106 Å². The highest BCUT2D eigenvalue weighted by atomic mass is 35.5. The third-order valence-corrected chi connectivity index (χ3v) is 2.92. The van der Waals surface area contributed by atoms with Crippen LogP contribution in [-0.4, -0.2) is 5.78 Å². The Morgan fingerprint density at radius 3 is 2.35 bits per heavy atom. The Kier molecular flexibility index (Phi) is 3.94. The maximum atomic E-state index is 12.0. The summed E-state index contributed by atoms with van der Waals surface area (Å²) in [5.41, 5.74) is 2.74. The molecule has 0 radical (unpaired) electrons. The van der Waals surface area contributed by atoms with Gasteiger partial charge in [-0.05, 0) is 17.2 Å². The molecule has 2 aromatic carbocycles. The van der Waals surface area contributed by atoms with Gasteiger partial charge in [-0.2, -0.15) is 0 Å². The first-order chi connectivity index (χ1) is 8.29. The van der Waals surface area contributed by atoms with Crippen molar-refractivity contribution in [2.24, 2.45) is 0 Å². The van der Waals surface area contributed by atoms with Crippen LogP contribution >= 0.6 is 11.6 Å². The zero-order valence-electron chi connectivity index (χ0n) is 9.40. The Balaban J connectivity index is 2.14. The molecule has 0 saturated heterocycles. The van der Waals surface area contributed by atoms with Crippen molar-refractivity contribution in [1.82, 2.24) is 0 Å². The molecule has 2 aromatic rings. The summed E-state index contributed by atoms with van der Waals surface area (Å²) in [6.45, 7) is 0. The van der Waals surface area contributed by atoms with E-state index in [1.165, 1.54) is 0 Å². The van der Waals surface area contributed by atoms with Gasteiger partial charge >= 0.3 is 0 Å². The lowest BCUT2D eigenvalue weighted by molar-refractivity contribution is 0.0993. The normalized spacial score (nSPS) is 10.2. The van der Waals surface area contributed by atoms with Gasteiger partial charge in [0.05, 0.1) is 0 Å². The fraction of sp³-hybridized carbons (Fsp3) is 0.133. The van der Waals surface area contributed by atoms with Crippen molar-refractivity contribution in [3.05, 3.63) is 71.3 Å². The van der Waals surface area contributed by atoms with Crippen molar-refractivity contribution in [3.8, 4) is 0 Å². The van der Waals surface area contributed by atoms with Crippen molar-refractivity contribution in [1.29, 1.82) is 0 Å². The number of rotatable bonds is 4. The van der Waals surface area contributed by atoms with Crippen molar-refractivity contribution in [2.45, 2.75) is 12.3 Å². The molecule has 0 spiro atoms. The molecule has 0 bridgehead atoms. The summed E-state index contributed by atoms with van der Waals surface area (Å²) in [5, 5.41) is 0. The second-order valence-corrected chi connectivity index (χ2v) is 4.19. The van der Waals surface area contributed by atoms with Crippen molar-refractivity contribution in [2.75, 3.05) is 0 Å². The molecule has 17 heavy (non-hydrogen) atoms. The summed E-state index contributed by atoms with van der Waals surface area (Å²) >= 11 is 5.75. The Morgan fingerprint density at radius 2 is 1.65 bits per heavy atom. The van der Waals surface area contributed by atoms with Gasteiger partial charge in [-0.3, -0.25) is 4.79 Å². The van der Waals surface area contributed by atoms with E-state index in [1.807, 2.05) is 54.6 Å². The summed E-state index contributed by atoms with van der Waals surface area (Å²) in [5.74, 6) is 0.565. The number of hydrogen-bond acceptors (Lipinski definition) is 1. The van der Waals surface area contributed by atoms with Crippen molar-refractivity contribution >= 4 is 17.4 Å². The van der Waals surface area contributed by atoms with Crippen LogP contribution in [0, 0.1) is 0 Å². The van der Waals surface area contributed by atoms with Crippen molar-refractivity contribution < 1.29 is 4.79 Å². The van der Waals surface area contributed by atoms with Crippen LogP contribution < -0.4 is 0 Å². The molecule has 1 nitrogen and oxygen atoms in total. The Hall–Kier alpha value is -1.60. The average Bonchev–Trinajstić information content (AvgIpc) is 2.40. The molecule has 2 rings (SSSR count). The Morgan fingerprint density at radius 1 is 0.941 bits per heavy atom. The third kappa shape index (κ3) is 3.18. The second kappa shape index (κ2) is 5.65. The van der Waals surface area contributed by atoms with Crippen molar-refractivity contribution in [3.63, 3.8) is 0 Å². The van der Waals surface area contributed by atoms with Gasteiger partial charge < -0.3 is 0 Å². The number of benzene rings is 2. The molecule has 0 N–H and O–H groups in total. The lowest BCUT2D eigenvalue weighted by atomic mass is 10.0. The van der Waals surface area contributed by atoms with E-state index in [9.17, 15) is 4.79 Å². The fourth-order valence-corrected chi connectivity index (χ4v) is 1.88. The molecule has 0 aromatic heterocycles. The van der Waals surface area contributed by atoms with Crippen LogP contribution in [0.4, 0.5) is 0 Å². The summed E-state index contributed by atoms with van der Waals surface area (Å²) < 4.78 is 0. The molecule has 0 fully saturated rings. The fourth-order valence-electron chi connectivity index (χ4n) is 1.71. The van der Waals surface area contributed by atoms with E-state index in [1.54, 1.807) is 0 Å². The van der Waals surface area contributed by atoms with Gasteiger partial charge in [-0.25, -0.2) is 0 Å². The minimum Gasteiger partial charge on any atom is -0.294 e. The summed E-state index contributed by atoms with van der Waals surface area (Å²) in [6.07, 6.45) is 0.437. The zero-order valence-corrected chi connectivity index (χ0v) is 10.2. The van der Waals surface area contributed by atoms with E-state index < -0.39 is 0 Å². The largest absolute Gasteiger partial charge is 0.294 e. The average molecular weight is 245 g/mol. The topological polar surface area (TPSA) is 17.1 Å². The van der Waals surface area contributed by atoms with Crippen LogP contribution in [-0.2, 0) is 12.3 Å². The molecule has 0 heterocycles. The SMILES string of the molecule is O=C(Cc1ccccc1)c1cccc(CCl)c1. The quantitative estimate of drug-likeness (QED) is 0.590. The van der Waals surface area contributed by atoms with Gasteiger partial charge in [0.25, 0.3) is 0 Å². The zero-order chi connectivity index (χ0) is 12.1. The number of halogens is 1. The summed E-state index contributed by atoms with van der Waals surface area (Å²) in [4.78, 5) is 12.0. The van der Waals surface area contributed by atoms with Gasteiger partial charge in [0.15, 0.2) is 5.78 Å². The smallest absolute Gasteiger partial charge is 0.167 e. The molecule has 0 amide bonds. The predicted molar refractivity (Wildman–Crippen MR) is 70.5 cm³/mol. The highest BCUT2D eigenvalue weighted by molar-refractivity contribution is 6.17. The molecular weight excluding hydrogens is 232 g/mol. The molecule has 0 atom stereocenters. The Bertz CT molecular complexity index is 505. The van der Waals surface area contributed by atoms with Crippen LogP contribution in [0.15, 0.2) is 54.6 Å². The van der Waals surface area contributed by atoms with Crippen LogP contribution in [0.1, 0.15) is 21.5 Å². The monoisotopic (exact) mass is 244 g/mol. The van der Waals surface area contributed by atoms with Crippen LogP contribution in [0.25, 0.3) is 0 Å². The van der Waals surface area contributed by atoms with E-state index in [0.717, 1.165) is 16.7 Å². The summed E-state index contributed by atoms with van der Waals surface area (Å²) in [7, 11) is 0. The molecule has 0 saturated carbocycles. The molecule has 0 aliphatic carbocycles. The minimum absolute atomic E-state index is 0.128. The molecule has 0 unspecified atom stereocenters. The number of alkyl halides is 1.